The molecule has 0 fully saturated rings. The number of amidine groups is 1. The highest BCUT2D eigenvalue weighted by Crippen LogP contribution is 2.21. The number of allylic oxidation sites excluding steroid dienone is 1. The van der Waals surface area contributed by atoms with E-state index < -0.39 is 0 Å². The van der Waals surface area contributed by atoms with E-state index in [1.807, 2.05) is 59.5 Å². The molecular weight excluding hydrogens is 386 g/mol. The van der Waals surface area contributed by atoms with Crippen LogP contribution in [0.15, 0.2) is 88.8 Å². The average molecular weight is 410 g/mol. The SMILES string of the molecule is CCCC=C1N=C(NC(=O)c2ccccc2)C(Cl)=CN1CCOc1ccccc1. The van der Waals surface area contributed by atoms with E-state index in [1.165, 1.54) is 0 Å². The molecule has 1 aliphatic heterocycles. The lowest BCUT2D eigenvalue weighted by molar-refractivity contribution is 0.0977. The van der Waals surface area contributed by atoms with Gasteiger partial charge in [0.2, 0.25) is 0 Å². The first-order valence-electron chi connectivity index (χ1n) is 9.65. The predicted octanol–water partition coefficient (Wildman–Crippen LogP) is 4.93. The number of hydrogen-bond donors (Lipinski definition) is 1. The van der Waals surface area contributed by atoms with Gasteiger partial charge in [0.1, 0.15) is 18.2 Å². The number of nitrogens with one attached hydrogen (secondary N) is 1. The number of benzene rings is 2. The van der Waals surface area contributed by atoms with Crippen molar-refractivity contribution in [2.45, 2.75) is 19.8 Å². The van der Waals surface area contributed by atoms with Crippen LogP contribution in [0.25, 0.3) is 0 Å². The number of carbonyl (C=O) groups is 1. The monoisotopic (exact) mass is 409 g/mol. The van der Waals surface area contributed by atoms with Crippen molar-refractivity contribution in [1.29, 1.82) is 0 Å². The van der Waals surface area contributed by atoms with Gasteiger partial charge in [-0.2, -0.15) is 0 Å². The van der Waals surface area contributed by atoms with Crippen LogP contribution >= 0.6 is 11.6 Å². The van der Waals surface area contributed by atoms with Gasteiger partial charge in [0, 0.05) is 11.8 Å². The molecule has 1 N–H and O–H groups in total. The second kappa shape index (κ2) is 10.5. The molecule has 0 radical (unpaired) electrons. The van der Waals surface area contributed by atoms with Gasteiger partial charge in [-0.3, -0.25) is 4.79 Å². The quantitative estimate of drug-likeness (QED) is 0.705. The molecule has 0 saturated heterocycles. The molecule has 0 unspecified atom stereocenters. The Bertz CT molecular complexity index is 908. The maximum absolute atomic E-state index is 12.5. The van der Waals surface area contributed by atoms with Gasteiger partial charge in [0.15, 0.2) is 5.84 Å². The number of para-hydroxylation sites is 1. The number of unbranched alkanes of at least 4 members (excludes halogenated alkanes) is 1. The molecule has 1 amide bonds. The van der Waals surface area contributed by atoms with Gasteiger partial charge in [0.05, 0.1) is 11.6 Å². The third kappa shape index (κ3) is 5.96. The number of aliphatic imine (C=N–C) groups is 1. The van der Waals surface area contributed by atoms with Gasteiger partial charge < -0.3 is 15.0 Å². The second-order valence-electron chi connectivity index (χ2n) is 6.46. The van der Waals surface area contributed by atoms with Crippen LogP contribution in [0, 0.1) is 0 Å². The standard InChI is InChI=1S/C23H24ClN3O2/c1-2-3-14-21-25-22(26-23(28)18-10-6-4-7-11-18)20(24)17-27(21)15-16-29-19-12-8-5-9-13-19/h4-14,17H,2-3,15-16H2,1H3,(H,25,26,28). The fraction of sp³-hybridized carbons (Fsp3) is 0.217. The summed E-state index contributed by atoms with van der Waals surface area (Å²) in [6, 6.07) is 18.6. The maximum atomic E-state index is 12.5. The summed E-state index contributed by atoms with van der Waals surface area (Å²) in [7, 11) is 0. The molecule has 0 bridgehead atoms. The highest BCUT2D eigenvalue weighted by molar-refractivity contribution is 6.44. The van der Waals surface area contributed by atoms with E-state index in [0.717, 1.165) is 24.4 Å². The smallest absolute Gasteiger partial charge is 0.256 e. The fourth-order valence-corrected chi connectivity index (χ4v) is 2.95. The fourth-order valence-electron chi connectivity index (χ4n) is 2.75. The maximum Gasteiger partial charge on any atom is 0.256 e. The summed E-state index contributed by atoms with van der Waals surface area (Å²) in [5.74, 6) is 1.67. The molecule has 2 aromatic carbocycles. The molecule has 0 aromatic heterocycles. The van der Waals surface area contributed by atoms with Crippen molar-refractivity contribution in [3.63, 3.8) is 0 Å². The number of nitrogens with zero attached hydrogens (tertiary/aromatic N) is 2. The number of amides is 1. The summed E-state index contributed by atoms with van der Waals surface area (Å²) in [6.07, 6.45) is 5.69. The van der Waals surface area contributed by atoms with E-state index >= 15 is 0 Å². The summed E-state index contributed by atoms with van der Waals surface area (Å²) < 4.78 is 5.79. The Kier molecular flexibility index (Phi) is 7.47. The topological polar surface area (TPSA) is 53.9 Å². The van der Waals surface area contributed by atoms with Crippen molar-refractivity contribution >= 4 is 23.3 Å². The number of hydrogen-bond acceptors (Lipinski definition) is 4. The van der Waals surface area contributed by atoms with Crippen molar-refractivity contribution in [3.8, 4) is 5.75 Å². The first-order chi connectivity index (χ1) is 14.2. The Hall–Kier alpha value is -3.05. The lowest BCUT2D eigenvalue weighted by atomic mass is 10.2. The first-order valence-corrected chi connectivity index (χ1v) is 10.0. The van der Waals surface area contributed by atoms with Crippen molar-refractivity contribution in [3.05, 3.63) is 89.4 Å². The Labute approximate surface area is 176 Å². The van der Waals surface area contributed by atoms with Gasteiger partial charge >= 0.3 is 0 Å². The van der Waals surface area contributed by atoms with Gasteiger partial charge in [0.25, 0.3) is 5.91 Å². The van der Waals surface area contributed by atoms with Crippen molar-refractivity contribution < 1.29 is 9.53 Å². The minimum Gasteiger partial charge on any atom is -0.492 e. The van der Waals surface area contributed by atoms with Crippen LogP contribution in [0.3, 0.4) is 0 Å². The van der Waals surface area contributed by atoms with Crippen LogP contribution in [0.1, 0.15) is 30.1 Å². The number of carbonyl (C=O) groups excluding carboxylic acids is 1. The van der Waals surface area contributed by atoms with Crippen LogP contribution in [0.2, 0.25) is 0 Å². The number of ether oxygens (including phenoxy) is 1. The summed E-state index contributed by atoms with van der Waals surface area (Å²) in [6.45, 7) is 3.17. The Balaban J connectivity index is 1.68. The van der Waals surface area contributed by atoms with E-state index in [-0.39, 0.29) is 5.91 Å². The highest BCUT2D eigenvalue weighted by Gasteiger charge is 2.20. The summed E-state index contributed by atoms with van der Waals surface area (Å²) >= 11 is 6.41. The molecule has 29 heavy (non-hydrogen) atoms. The molecule has 6 heteroatoms. The lowest BCUT2D eigenvalue weighted by Gasteiger charge is -2.26. The molecule has 0 spiro atoms. The molecule has 0 saturated carbocycles. The minimum absolute atomic E-state index is 0.244. The van der Waals surface area contributed by atoms with E-state index in [9.17, 15) is 4.79 Å². The molecule has 0 atom stereocenters. The van der Waals surface area contributed by atoms with Crippen molar-refractivity contribution in [2.75, 3.05) is 13.2 Å². The van der Waals surface area contributed by atoms with Gasteiger partial charge in [-0.15, -0.1) is 0 Å². The summed E-state index contributed by atoms with van der Waals surface area (Å²) in [5, 5.41) is 3.18. The van der Waals surface area contributed by atoms with E-state index in [2.05, 4.69) is 17.2 Å². The third-order valence-corrected chi connectivity index (χ3v) is 4.52. The zero-order valence-corrected chi connectivity index (χ0v) is 17.1. The van der Waals surface area contributed by atoms with E-state index in [1.54, 1.807) is 18.3 Å². The second-order valence-corrected chi connectivity index (χ2v) is 6.87. The lowest BCUT2D eigenvalue weighted by Crippen LogP contribution is -2.35. The third-order valence-electron chi connectivity index (χ3n) is 4.24. The first kappa shape index (κ1) is 20.7. The molecule has 5 nitrogen and oxygen atoms in total. The van der Waals surface area contributed by atoms with Gasteiger partial charge in [-0.05, 0) is 36.8 Å². The predicted molar refractivity (Wildman–Crippen MR) is 117 cm³/mol. The zero-order valence-electron chi connectivity index (χ0n) is 16.3. The Morgan fingerprint density at radius 1 is 1.14 bits per heavy atom. The largest absolute Gasteiger partial charge is 0.492 e. The molecule has 3 rings (SSSR count). The molecule has 150 valence electrons. The summed E-state index contributed by atoms with van der Waals surface area (Å²) in [4.78, 5) is 19.0. The van der Waals surface area contributed by atoms with Crippen LogP contribution in [-0.2, 0) is 0 Å². The van der Waals surface area contributed by atoms with Crippen molar-refractivity contribution in [1.82, 2.24) is 10.2 Å². The molecule has 0 aliphatic carbocycles. The minimum atomic E-state index is -0.244. The van der Waals surface area contributed by atoms with Crippen LogP contribution in [0.5, 0.6) is 5.75 Å². The van der Waals surface area contributed by atoms with E-state index in [4.69, 9.17) is 16.3 Å². The summed E-state index contributed by atoms with van der Waals surface area (Å²) in [5.41, 5.74) is 0.553. The molecule has 1 heterocycles. The van der Waals surface area contributed by atoms with Crippen molar-refractivity contribution in [2.24, 2.45) is 4.99 Å². The van der Waals surface area contributed by atoms with Gasteiger partial charge in [-0.1, -0.05) is 61.3 Å². The normalized spacial score (nSPS) is 15.0. The zero-order chi connectivity index (χ0) is 20.5. The molecule has 2 aromatic rings. The number of halogens is 1. The molecule has 1 aliphatic rings. The Morgan fingerprint density at radius 2 is 1.83 bits per heavy atom. The Morgan fingerprint density at radius 3 is 2.52 bits per heavy atom. The average Bonchev–Trinajstić information content (AvgIpc) is 2.76. The van der Waals surface area contributed by atoms with E-state index in [0.29, 0.717) is 29.6 Å². The van der Waals surface area contributed by atoms with Crippen LogP contribution in [0.4, 0.5) is 0 Å². The van der Waals surface area contributed by atoms with Gasteiger partial charge in [-0.25, -0.2) is 4.99 Å². The van der Waals surface area contributed by atoms with Crippen LogP contribution in [-0.4, -0.2) is 29.8 Å². The van der Waals surface area contributed by atoms with Crippen LogP contribution < -0.4 is 10.1 Å². The number of rotatable bonds is 7. The highest BCUT2D eigenvalue weighted by atomic mass is 35.5. The molecular formula is C23H24ClN3O2.